The molecule has 0 saturated carbocycles. The van der Waals surface area contributed by atoms with Gasteiger partial charge in [0.15, 0.2) is 11.5 Å². The summed E-state index contributed by atoms with van der Waals surface area (Å²) in [4.78, 5) is 27.2. The zero-order valence-corrected chi connectivity index (χ0v) is 17.2. The van der Waals surface area contributed by atoms with Gasteiger partial charge in [-0.2, -0.15) is 0 Å². The Kier molecular flexibility index (Phi) is 4.03. The zero-order valence-electron chi connectivity index (χ0n) is 15.6. The van der Waals surface area contributed by atoms with Crippen LogP contribution in [0.3, 0.4) is 0 Å². The predicted molar refractivity (Wildman–Crippen MR) is 111 cm³/mol. The van der Waals surface area contributed by atoms with E-state index in [1.165, 1.54) is 4.90 Å². The Morgan fingerprint density at radius 3 is 2.55 bits per heavy atom. The van der Waals surface area contributed by atoms with Crippen LogP contribution in [0.15, 0.2) is 59.1 Å². The fourth-order valence-electron chi connectivity index (χ4n) is 3.79. The molecule has 1 fully saturated rings. The maximum atomic E-state index is 13.3. The molecule has 5 rings (SSSR count). The van der Waals surface area contributed by atoms with Crippen LogP contribution in [0, 0.1) is 0 Å². The van der Waals surface area contributed by atoms with Crippen LogP contribution in [0.4, 0.5) is 4.79 Å². The van der Waals surface area contributed by atoms with E-state index < -0.39 is 11.6 Å². The normalized spacial score (nSPS) is 20.4. The predicted octanol–water partition coefficient (Wildman–Crippen LogP) is 4.30. The minimum absolute atomic E-state index is 0.130. The third-order valence-electron chi connectivity index (χ3n) is 5.47. The van der Waals surface area contributed by atoms with E-state index in [4.69, 9.17) is 9.47 Å². The number of ether oxygens (including phenoxy) is 2. The number of urea groups is 1. The number of imide groups is 1. The van der Waals surface area contributed by atoms with E-state index in [0.29, 0.717) is 11.5 Å². The molecule has 1 atom stereocenters. The van der Waals surface area contributed by atoms with Gasteiger partial charge in [-0.25, -0.2) is 4.79 Å². The summed E-state index contributed by atoms with van der Waals surface area (Å²) in [5.41, 5.74) is 0.395. The van der Waals surface area contributed by atoms with Gasteiger partial charge >= 0.3 is 6.03 Å². The molecule has 0 unspecified atom stereocenters. The molecule has 2 aliphatic rings. The molecule has 6 nitrogen and oxygen atoms in total. The maximum absolute atomic E-state index is 13.3. The third-order valence-corrected chi connectivity index (χ3v) is 6.21. The van der Waals surface area contributed by atoms with Crippen molar-refractivity contribution in [3.8, 4) is 11.5 Å². The van der Waals surface area contributed by atoms with Crippen molar-refractivity contribution < 1.29 is 19.1 Å². The largest absolute Gasteiger partial charge is 0.454 e. The maximum Gasteiger partial charge on any atom is 0.325 e. The highest BCUT2D eigenvalue weighted by atomic mass is 79.9. The molecular weight excluding hydrogens is 436 g/mol. The molecular formula is C22H17BrN2O4. The van der Waals surface area contributed by atoms with E-state index in [0.717, 1.165) is 26.4 Å². The number of benzene rings is 3. The summed E-state index contributed by atoms with van der Waals surface area (Å²) in [5.74, 6) is 0.953. The van der Waals surface area contributed by atoms with Gasteiger partial charge in [0.05, 0.1) is 6.54 Å². The summed E-state index contributed by atoms with van der Waals surface area (Å²) in [6, 6.07) is 16.9. The summed E-state index contributed by atoms with van der Waals surface area (Å²) in [5, 5.41) is 4.97. The van der Waals surface area contributed by atoms with Gasteiger partial charge in [0.2, 0.25) is 6.79 Å². The quantitative estimate of drug-likeness (QED) is 0.601. The Labute approximate surface area is 175 Å². The molecule has 7 heteroatoms. The van der Waals surface area contributed by atoms with Crippen LogP contribution in [-0.2, 0) is 16.9 Å². The van der Waals surface area contributed by atoms with Crippen LogP contribution >= 0.6 is 15.9 Å². The second-order valence-corrected chi connectivity index (χ2v) is 8.16. The summed E-state index contributed by atoms with van der Waals surface area (Å²) in [6.07, 6.45) is 0. The van der Waals surface area contributed by atoms with E-state index in [-0.39, 0.29) is 19.2 Å². The molecule has 1 N–H and O–H groups in total. The molecule has 2 heterocycles. The first-order chi connectivity index (χ1) is 14.0. The van der Waals surface area contributed by atoms with Crippen molar-refractivity contribution in [2.75, 3.05) is 6.79 Å². The second-order valence-electron chi connectivity index (χ2n) is 7.31. The molecule has 0 spiro atoms. The van der Waals surface area contributed by atoms with E-state index in [1.807, 2.05) is 42.5 Å². The van der Waals surface area contributed by atoms with E-state index in [1.54, 1.807) is 19.1 Å². The lowest BCUT2D eigenvalue weighted by atomic mass is 9.90. The number of hydrogen-bond acceptors (Lipinski definition) is 4. The van der Waals surface area contributed by atoms with Gasteiger partial charge in [-0.15, -0.1) is 0 Å². The minimum Gasteiger partial charge on any atom is -0.454 e. The van der Waals surface area contributed by atoms with Crippen molar-refractivity contribution in [1.82, 2.24) is 10.2 Å². The minimum atomic E-state index is -1.12. The lowest BCUT2D eigenvalue weighted by Gasteiger charge is -2.23. The smallest absolute Gasteiger partial charge is 0.325 e. The molecule has 0 aromatic heterocycles. The van der Waals surface area contributed by atoms with Crippen LogP contribution in [0.5, 0.6) is 11.5 Å². The summed E-state index contributed by atoms with van der Waals surface area (Å²) < 4.78 is 11.5. The number of carbonyl (C=O) groups excluding carboxylic acids is 2. The Bertz CT molecular complexity index is 1180. The van der Waals surface area contributed by atoms with Crippen molar-refractivity contribution in [2.45, 2.75) is 19.0 Å². The van der Waals surface area contributed by atoms with Crippen LogP contribution in [-0.4, -0.2) is 23.6 Å². The summed E-state index contributed by atoms with van der Waals surface area (Å²) in [7, 11) is 0. The van der Waals surface area contributed by atoms with Gasteiger partial charge in [0.1, 0.15) is 5.54 Å². The molecule has 0 radical (unpaired) electrons. The first-order valence-electron chi connectivity index (χ1n) is 9.17. The van der Waals surface area contributed by atoms with Gasteiger partial charge in [-0.1, -0.05) is 52.3 Å². The highest BCUT2D eigenvalue weighted by molar-refractivity contribution is 9.10. The molecule has 0 aliphatic carbocycles. The van der Waals surface area contributed by atoms with Crippen molar-refractivity contribution >= 4 is 38.6 Å². The molecule has 0 bridgehead atoms. The van der Waals surface area contributed by atoms with Crippen LogP contribution in [0.1, 0.15) is 18.1 Å². The summed E-state index contributed by atoms with van der Waals surface area (Å²) in [6.45, 7) is 2.03. The monoisotopic (exact) mass is 452 g/mol. The van der Waals surface area contributed by atoms with Crippen LogP contribution < -0.4 is 14.8 Å². The molecule has 3 aromatic carbocycles. The number of fused-ring (bicyclic) bond motifs is 2. The van der Waals surface area contributed by atoms with Gasteiger partial charge in [0, 0.05) is 4.47 Å². The average molecular weight is 453 g/mol. The molecule has 2 aliphatic heterocycles. The zero-order chi connectivity index (χ0) is 20.2. The topological polar surface area (TPSA) is 67.9 Å². The fourth-order valence-corrected chi connectivity index (χ4v) is 4.24. The Hall–Kier alpha value is -3.06. The van der Waals surface area contributed by atoms with Gasteiger partial charge in [-0.05, 0) is 47.0 Å². The number of rotatable bonds is 3. The first kappa shape index (κ1) is 18.0. The van der Waals surface area contributed by atoms with Crippen molar-refractivity contribution in [1.29, 1.82) is 0 Å². The highest BCUT2D eigenvalue weighted by Crippen LogP contribution is 2.38. The number of carbonyl (C=O) groups is 2. The van der Waals surface area contributed by atoms with Crippen molar-refractivity contribution in [2.24, 2.45) is 0 Å². The Morgan fingerprint density at radius 2 is 1.76 bits per heavy atom. The highest BCUT2D eigenvalue weighted by Gasteiger charge is 2.49. The van der Waals surface area contributed by atoms with Gasteiger partial charge in [-0.3, -0.25) is 9.69 Å². The first-order valence-corrected chi connectivity index (χ1v) is 9.96. The van der Waals surface area contributed by atoms with Crippen molar-refractivity contribution in [3.63, 3.8) is 0 Å². The van der Waals surface area contributed by atoms with Crippen molar-refractivity contribution in [3.05, 3.63) is 70.2 Å². The van der Waals surface area contributed by atoms with Gasteiger partial charge < -0.3 is 14.8 Å². The molecule has 1 saturated heterocycles. The Morgan fingerprint density at radius 1 is 1.03 bits per heavy atom. The number of hydrogen-bond donors (Lipinski definition) is 1. The lowest BCUT2D eigenvalue weighted by Crippen LogP contribution is -2.40. The molecule has 3 amide bonds. The number of nitrogens with one attached hydrogen (secondary N) is 1. The summed E-state index contributed by atoms with van der Waals surface area (Å²) >= 11 is 3.49. The standard InChI is InChI=1S/C22H17BrN2O4/c1-22(16-7-6-13-4-2-3-5-14(13)8-16)20(26)25(21(27)24-22)11-15-9-18-19(10-17(15)23)29-12-28-18/h2-10H,11-12H2,1H3,(H,24,27)/t22-/m1/s1. The molecule has 146 valence electrons. The number of amides is 3. The van der Waals surface area contributed by atoms with Crippen LogP contribution in [0.25, 0.3) is 10.8 Å². The van der Waals surface area contributed by atoms with Gasteiger partial charge in [0.25, 0.3) is 5.91 Å². The third kappa shape index (κ3) is 2.84. The second kappa shape index (κ2) is 6.49. The fraction of sp³-hybridized carbons (Fsp3) is 0.182. The molecule has 3 aromatic rings. The number of halogens is 1. The van der Waals surface area contributed by atoms with E-state index >= 15 is 0 Å². The number of nitrogens with zero attached hydrogens (tertiary/aromatic N) is 1. The average Bonchev–Trinajstić information content (AvgIpc) is 3.25. The lowest BCUT2D eigenvalue weighted by molar-refractivity contribution is -0.131. The molecule has 29 heavy (non-hydrogen) atoms. The van der Waals surface area contributed by atoms with Crippen LogP contribution in [0.2, 0.25) is 0 Å². The SMILES string of the molecule is C[C@]1(c2ccc3ccccc3c2)NC(=O)N(Cc2cc3c(cc2Br)OCO3)C1=O. The van der Waals surface area contributed by atoms with E-state index in [9.17, 15) is 9.59 Å². The Balaban J connectivity index is 1.47. The van der Waals surface area contributed by atoms with E-state index in [2.05, 4.69) is 21.2 Å².